The van der Waals surface area contributed by atoms with Gasteiger partial charge in [0, 0.05) is 10.8 Å². The van der Waals surface area contributed by atoms with Crippen molar-refractivity contribution in [2.75, 3.05) is 19.8 Å². The van der Waals surface area contributed by atoms with Gasteiger partial charge in [0.25, 0.3) is 0 Å². The Bertz CT molecular complexity index is 800. The Hall–Kier alpha value is -2.36. The van der Waals surface area contributed by atoms with E-state index in [1.165, 1.54) is 0 Å². The molecule has 0 aliphatic rings. The van der Waals surface area contributed by atoms with E-state index in [4.69, 9.17) is 9.47 Å². The van der Waals surface area contributed by atoms with Crippen LogP contribution in [0.4, 0.5) is 0 Å². The summed E-state index contributed by atoms with van der Waals surface area (Å²) in [6.45, 7) is 6.54. The van der Waals surface area contributed by atoms with Crippen molar-refractivity contribution in [2.24, 2.45) is 0 Å². The first-order valence-corrected chi connectivity index (χ1v) is 8.08. The number of ether oxygens (including phenoxy) is 2. The summed E-state index contributed by atoms with van der Waals surface area (Å²) in [5, 5.41) is 14.4. The summed E-state index contributed by atoms with van der Waals surface area (Å²) in [6.07, 6.45) is -0.679. The van der Waals surface area contributed by atoms with Gasteiger partial charge in [-0.3, -0.25) is 0 Å². The average Bonchev–Trinajstić information content (AvgIpc) is 2.58. The van der Waals surface area contributed by atoms with Crippen molar-refractivity contribution < 1.29 is 14.6 Å². The number of aliphatic hydroxyl groups excluding tert-OH is 1. The molecule has 0 bridgehead atoms. The van der Waals surface area contributed by atoms with E-state index in [0.717, 1.165) is 32.9 Å². The van der Waals surface area contributed by atoms with Gasteiger partial charge in [-0.1, -0.05) is 60.7 Å². The van der Waals surface area contributed by atoms with Gasteiger partial charge in [-0.2, -0.15) is 0 Å². The second-order valence-electron chi connectivity index (χ2n) is 6.09. The summed E-state index contributed by atoms with van der Waals surface area (Å²) < 4.78 is 11.4. The summed E-state index contributed by atoms with van der Waals surface area (Å²) in [5.74, 6) is 0.808. The highest BCUT2D eigenvalue weighted by atomic mass is 16.5. The van der Waals surface area contributed by atoms with Gasteiger partial charge >= 0.3 is 0 Å². The molecule has 0 fully saturated rings. The molecule has 3 rings (SSSR count). The van der Waals surface area contributed by atoms with Crippen LogP contribution in [-0.4, -0.2) is 31.0 Å². The minimum absolute atomic E-state index is 0.189. The molecular weight excluding hydrogens is 300 g/mol. The lowest BCUT2D eigenvalue weighted by Crippen LogP contribution is -2.24. The number of aliphatic hydroxyl groups is 1. The molecule has 124 valence electrons. The molecule has 0 aliphatic heterocycles. The highest BCUT2D eigenvalue weighted by molar-refractivity contribution is 6.05. The number of benzene rings is 3. The van der Waals surface area contributed by atoms with E-state index >= 15 is 0 Å². The van der Waals surface area contributed by atoms with Crippen LogP contribution < -0.4 is 4.74 Å². The fourth-order valence-electron chi connectivity index (χ4n) is 2.72. The predicted octanol–water partition coefficient (Wildman–Crippen LogP) is 4.33. The van der Waals surface area contributed by atoms with E-state index < -0.39 is 6.10 Å². The summed E-state index contributed by atoms with van der Waals surface area (Å²) in [7, 11) is 0. The molecule has 3 aromatic rings. The third-order valence-electron chi connectivity index (χ3n) is 3.80. The fourth-order valence-corrected chi connectivity index (χ4v) is 2.72. The number of hydrogen-bond acceptors (Lipinski definition) is 3. The largest absolute Gasteiger partial charge is 0.489 e. The van der Waals surface area contributed by atoms with Crippen molar-refractivity contribution in [3.8, 4) is 5.75 Å². The van der Waals surface area contributed by atoms with Gasteiger partial charge in [0.15, 0.2) is 0 Å². The molecule has 3 heteroatoms. The Morgan fingerprint density at radius 1 is 1.00 bits per heavy atom. The van der Waals surface area contributed by atoms with Crippen LogP contribution in [0.15, 0.2) is 66.7 Å². The third kappa shape index (κ3) is 3.75. The summed E-state index contributed by atoms with van der Waals surface area (Å²) >= 11 is 0. The van der Waals surface area contributed by atoms with Crippen molar-refractivity contribution in [3.63, 3.8) is 0 Å². The molecule has 0 radical (unpaired) electrons. The van der Waals surface area contributed by atoms with Crippen LogP contribution in [0.3, 0.4) is 0 Å². The smallest absolute Gasteiger partial charge is 0.135 e. The minimum Gasteiger partial charge on any atom is -0.489 e. The maximum Gasteiger partial charge on any atom is 0.135 e. The van der Waals surface area contributed by atoms with Crippen molar-refractivity contribution in [1.82, 2.24) is 0 Å². The molecule has 0 aromatic heterocycles. The van der Waals surface area contributed by atoms with Crippen LogP contribution in [0, 0.1) is 0 Å². The quantitative estimate of drug-likeness (QED) is 0.520. The molecule has 1 N–H and O–H groups in total. The lowest BCUT2D eigenvalue weighted by Gasteiger charge is -2.16. The van der Waals surface area contributed by atoms with Gasteiger partial charge in [-0.15, -0.1) is 0 Å². The van der Waals surface area contributed by atoms with E-state index in [0.29, 0.717) is 6.61 Å². The van der Waals surface area contributed by atoms with E-state index in [9.17, 15) is 5.11 Å². The Morgan fingerprint density at radius 2 is 1.58 bits per heavy atom. The first-order chi connectivity index (χ1) is 11.6. The Balaban J connectivity index is 1.83. The molecule has 0 aliphatic carbocycles. The molecule has 0 spiro atoms. The SMILES string of the molecule is C=C(C)COCC(O)COc1c2ccccc2cc2ccccc12. The van der Waals surface area contributed by atoms with E-state index in [1.54, 1.807) is 0 Å². The van der Waals surface area contributed by atoms with Gasteiger partial charge in [0.05, 0.1) is 13.2 Å². The maximum atomic E-state index is 10.1. The molecule has 3 nitrogen and oxygen atoms in total. The molecule has 0 saturated carbocycles. The average molecular weight is 322 g/mol. The summed E-state index contributed by atoms with van der Waals surface area (Å²) in [6, 6.07) is 18.4. The summed E-state index contributed by atoms with van der Waals surface area (Å²) in [5.41, 5.74) is 0.933. The van der Waals surface area contributed by atoms with Crippen LogP contribution in [0.1, 0.15) is 6.92 Å². The van der Waals surface area contributed by atoms with Crippen LogP contribution in [0.25, 0.3) is 21.5 Å². The number of rotatable bonds is 7. The van der Waals surface area contributed by atoms with Crippen molar-refractivity contribution in [2.45, 2.75) is 13.0 Å². The zero-order chi connectivity index (χ0) is 16.9. The first kappa shape index (κ1) is 16.5. The normalized spacial score (nSPS) is 12.4. The first-order valence-electron chi connectivity index (χ1n) is 8.08. The van der Waals surface area contributed by atoms with Gasteiger partial charge in [-0.05, 0) is 23.8 Å². The molecule has 24 heavy (non-hydrogen) atoms. The van der Waals surface area contributed by atoms with Crippen LogP contribution in [0.5, 0.6) is 5.75 Å². The monoisotopic (exact) mass is 322 g/mol. The lowest BCUT2D eigenvalue weighted by molar-refractivity contribution is 0.0202. The van der Waals surface area contributed by atoms with Crippen LogP contribution >= 0.6 is 0 Å². The van der Waals surface area contributed by atoms with Gasteiger partial charge in [0.2, 0.25) is 0 Å². The third-order valence-corrected chi connectivity index (χ3v) is 3.80. The number of fused-ring (bicyclic) bond motifs is 2. The predicted molar refractivity (Wildman–Crippen MR) is 98.6 cm³/mol. The number of hydrogen-bond donors (Lipinski definition) is 1. The lowest BCUT2D eigenvalue weighted by atomic mass is 10.0. The molecule has 3 aromatic carbocycles. The zero-order valence-corrected chi connectivity index (χ0v) is 13.9. The van der Waals surface area contributed by atoms with E-state index in [-0.39, 0.29) is 13.2 Å². The summed E-state index contributed by atoms with van der Waals surface area (Å²) in [4.78, 5) is 0. The zero-order valence-electron chi connectivity index (χ0n) is 13.9. The Labute approximate surface area is 142 Å². The van der Waals surface area contributed by atoms with Gasteiger partial charge < -0.3 is 14.6 Å². The molecular formula is C21H22O3. The highest BCUT2D eigenvalue weighted by Gasteiger charge is 2.11. The molecule has 1 atom stereocenters. The topological polar surface area (TPSA) is 38.7 Å². The van der Waals surface area contributed by atoms with Crippen molar-refractivity contribution >= 4 is 21.5 Å². The standard InChI is InChI=1S/C21H22O3/c1-15(2)12-23-13-18(22)14-24-21-19-9-5-3-7-16(19)11-17-8-4-6-10-20(17)21/h3-11,18,22H,1,12-14H2,2H3. The second-order valence-corrected chi connectivity index (χ2v) is 6.09. The molecule has 0 amide bonds. The molecule has 0 saturated heterocycles. The molecule has 0 heterocycles. The maximum absolute atomic E-state index is 10.1. The Kier molecular flexibility index (Phi) is 5.14. The van der Waals surface area contributed by atoms with E-state index in [2.05, 4.69) is 24.8 Å². The van der Waals surface area contributed by atoms with Crippen molar-refractivity contribution in [3.05, 3.63) is 66.7 Å². The second kappa shape index (κ2) is 7.47. The van der Waals surface area contributed by atoms with Crippen LogP contribution in [0.2, 0.25) is 0 Å². The minimum atomic E-state index is -0.679. The Morgan fingerprint density at radius 3 is 2.17 bits per heavy atom. The highest BCUT2D eigenvalue weighted by Crippen LogP contribution is 2.34. The van der Waals surface area contributed by atoms with E-state index in [1.807, 2.05) is 43.3 Å². The molecule has 1 unspecified atom stereocenters. The van der Waals surface area contributed by atoms with Crippen molar-refractivity contribution in [1.29, 1.82) is 0 Å². The van der Waals surface area contributed by atoms with Gasteiger partial charge in [-0.25, -0.2) is 0 Å². The van der Waals surface area contributed by atoms with Gasteiger partial charge in [0.1, 0.15) is 18.5 Å². The van der Waals surface area contributed by atoms with Crippen LogP contribution in [-0.2, 0) is 4.74 Å². The fraction of sp³-hybridized carbons (Fsp3) is 0.238.